The standard InChI is InChI=1S/C17H25NO3/c1-3-6-14(7-4-2)17(21)18-15-9-5-8-13(12-15)10-11-16(19)20/h5,8-9,12,14H,3-4,6-7,10-11H2,1-2H3,(H,18,21)(H,19,20). The van der Waals surface area contributed by atoms with E-state index < -0.39 is 5.97 Å². The van der Waals surface area contributed by atoms with Crippen LogP contribution in [-0.2, 0) is 16.0 Å². The van der Waals surface area contributed by atoms with E-state index in [-0.39, 0.29) is 18.2 Å². The molecule has 1 rings (SSSR count). The van der Waals surface area contributed by atoms with Crippen LogP contribution in [0.3, 0.4) is 0 Å². The topological polar surface area (TPSA) is 66.4 Å². The summed E-state index contributed by atoms with van der Waals surface area (Å²) in [5.74, 6) is -0.688. The van der Waals surface area contributed by atoms with Gasteiger partial charge in [0.2, 0.25) is 5.91 Å². The number of carboxylic acids is 1. The molecule has 0 radical (unpaired) electrons. The van der Waals surface area contributed by atoms with Gasteiger partial charge in [-0.15, -0.1) is 0 Å². The fraction of sp³-hybridized carbons (Fsp3) is 0.529. The van der Waals surface area contributed by atoms with Gasteiger partial charge in [-0.2, -0.15) is 0 Å². The largest absolute Gasteiger partial charge is 0.481 e. The number of anilines is 1. The van der Waals surface area contributed by atoms with Gasteiger partial charge in [-0.1, -0.05) is 38.8 Å². The molecule has 1 aromatic rings. The van der Waals surface area contributed by atoms with Crippen molar-refractivity contribution >= 4 is 17.6 Å². The summed E-state index contributed by atoms with van der Waals surface area (Å²) in [7, 11) is 0. The van der Waals surface area contributed by atoms with Gasteiger partial charge in [0.05, 0.1) is 0 Å². The zero-order valence-corrected chi connectivity index (χ0v) is 12.9. The lowest BCUT2D eigenvalue weighted by atomic mass is 9.97. The number of hydrogen-bond acceptors (Lipinski definition) is 2. The lowest BCUT2D eigenvalue weighted by molar-refractivity contribution is -0.137. The third kappa shape index (κ3) is 6.43. The van der Waals surface area contributed by atoms with Gasteiger partial charge in [-0.25, -0.2) is 0 Å². The van der Waals surface area contributed by atoms with E-state index in [2.05, 4.69) is 19.2 Å². The summed E-state index contributed by atoms with van der Waals surface area (Å²) < 4.78 is 0. The molecule has 0 fully saturated rings. The van der Waals surface area contributed by atoms with Gasteiger partial charge in [0.15, 0.2) is 0 Å². The highest BCUT2D eigenvalue weighted by atomic mass is 16.4. The molecule has 1 amide bonds. The second-order valence-corrected chi connectivity index (χ2v) is 5.36. The Hall–Kier alpha value is -1.84. The Kier molecular flexibility index (Phi) is 7.51. The third-order valence-electron chi connectivity index (χ3n) is 3.47. The number of aliphatic carboxylic acids is 1. The van der Waals surface area contributed by atoms with E-state index in [0.29, 0.717) is 6.42 Å². The number of carbonyl (C=O) groups excluding carboxylic acids is 1. The van der Waals surface area contributed by atoms with E-state index in [1.54, 1.807) is 0 Å². The van der Waals surface area contributed by atoms with Crippen LogP contribution >= 0.6 is 0 Å². The Bertz CT molecular complexity index is 465. The number of aryl methyl sites for hydroxylation is 1. The normalized spacial score (nSPS) is 10.6. The molecule has 0 saturated heterocycles. The summed E-state index contributed by atoms with van der Waals surface area (Å²) >= 11 is 0. The fourth-order valence-electron chi connectivity index (χ4n) is 2.40. The average molecular weight is 291 g/mol. The molecule has 4 nitrogen and oxygen atoms in total. The van der Waals surface area contributed by atoms with Gasteiger partial charge in [-0.3, -0.25) is 9.59 Å². The van der Waals surface area contributed by atoms with Crippen LogP contribution in [0.4, 0.5) is 5.69 Å². The highest BCUT2D eigenvalue weighted by Crippen LogP contribution is 2.18. The Morgan fingerprint density at radius 3 is 2.43 bits per heavy atom. The second-order valence-electron chi connectivity index (χ2n) is 5.36. The lowest BCUT2D eigenvalue weighted by Crippen LogP contribution is -2.22. The summed E-state index contributed by atoms with van der Waals surface area (Å²) in [5, 5.41) is 11.7. The van der Waals surface area contributed by atoms with Crippen molar-refractivity contribution in [1.82, 2.24) is 0 Å². The summed E-state index contributed by atoms with van der Waals surface area (Å²) in [6, 6.07) is 7.43. The van der Waals surface area contributed by atoms with Crippen LogP contribution in [0.25, 0.3) is 0 Å². The number of carboxylic acid groups (broad SMARTS) is 1. The van der Waals surface area contributed by atoms with Crippen molar-refractivity contribution in [3.8, 4) is 0 Å². The van der Waals surface area contributed by atoms with Gasteiger partial charge >= 0.3 is 5.97 Å². The maximum absolute atomic E-state index is 12.3. The van der Waals surface area contributed by atoms with E-state index >= 15 is 0 Å². The Labute approximate surface area is 126 Å². The van der Waals surface area contributed by atoms with E-state index in [9.17, 15) is 9.59 Å². The van der Waals surface area contributed by atoms with Crippen molar-refractivity contribution in [3.05, 3.63) is 29.8 Å². The molecule has 0 heterocycles. The first-order chi connectivity index (χ1) is 10.1. The number of rotatable bonds is 9. The maximum Gasteiger partial charge on any atom is 0.303 e. The SMILES string of the molecule is CCCC(CCC)C(=O)Nc1cccc(CCC(=O)O)c1. The molecule has 0 bridgehead atoms. The molecular formula is C17H25NO3. The van der Waals surface area contributed by atoms with Gasteiger partial charge in [0.25, 0.3) is 0 Å². The molecule has 0 saturated carbocycles. The Balaban J connectivity index is 2.66. The number of amides is 1. The minimum absolute atomic E-state index is 0.0580. The summed E-state index contributed by atoms with van der Waals surface area (Å²) in [5.41, 5.74) is 1.68. The smallest absolute Gasteiger partial charge is 0.303 e. The van der Waals surface area contributed by atoms with E-state index in [1.165, 1.54) is 0 Å². The van der Waals surface area contributed by atoms with Crippen LogP contribution in [0.5, 0.6) is 0 Å². The molecule has 116 valence electrons. The molecule has 0 aromatic heterocycles. The third-order valence-corrected chi connectivity index (χ3v) is 3.47. The van der Waals surface area contributed by atoms with Gasteiger partial charge in [-0.05, 0) is 37.0 Å². The van der Waals surface area contributed by atoms with E-state index in [1.807, 2.05) is 24.3 Å². The highest BCUT2D eigenvalue weighted by molar-refractivity contribution is 5.92. The Morgan fingerprint density at radius 2 is 1.86 bits per heavy atom. The molecule has 0 spiro atoms. The molecule has 0 atom stereocenters. The predicted molar refractivity (Wildman–Crippen MR) is 84.3 cm³/mol. The first kappa shape index (κ1) is 17.2. The molecule has 4 heteroatoms. The molecule has 0 aliphatic carbocycles. The van der Waals surface area contributed by atoms with Crippen LogP contribution in [-0.4, -0.2) is 17.0 Å². The van der Waals surface area contributed by atoms with Gasteiger partial charge in [0.1, 0.15) is 0 Å². The summed E-state index contributed by atoms with van der Waals surface area (Å²) in [6.07, 6.45) is 4.38. The monoisotopic (exact) mass is 291 g/mol. The first-order valence-corrected chi connectivity index (χ1v) is 7.68. The summed E-state index contributed by atoms with van der Waals surface area (Å²) in [4.78, 5) is 22.9. The first-order valence-electron chi connectivity index (χ1n) is 7.68. The quantitative estimate of drug-likeness (QED) is 0.726. The van der Waals surface area contributed by atoms with Crippen molar-refractivity contribution in [2.45, 2.75) is 52.4 Å². The second kappa shape index (κ2) is 9.16. The zero-order valence-electron chi connectivity index (χ0n) is 12.9. The number of hydrogen-bond donors (Lipinski definition) is 2. The zero-order chi connectivity index (χ0) is 15.7. The van der Waals surface area contributed by atoms with E-state index in [0.717, 1.165) is 36.9 Å². The highest BCUT2D eigenvalue weighted by Gasteiger charge is 2.16. The predicted octanol–water partition coefficient (Wildman–Crippen LogP) is 3.86. The van der Waals surface area contributed by atoms with Crippen molar-refractivity contribution in [2.24, 2.45) is 5.92 Å². The van der Waals surface area contributed by atoms with Crippen LogP contribution < -0.4 is 5.32 Å². The molecule has 1 aromatic carbocycles. The summed E-state index contributed by atoms with van der Waals surface area (Å²) in [6.45, 7) is 4.17. The number of nitrogens with one attached hydrogen (secondary N) is 1. The average Bonchev–Trinajstić information content (AvgIpc) is 2.45. The molecule has 2 N–H and O–H groups in total. The molecular weight excluding hydrogens is 266 g/mol. The van der Waals surface area contributed by atoms with E-state index in [4.69, 9.17) is 5.11 Å². The van der Waals surface area contributed by atoms with Crippen molar-refractivity contribution in [2.75, 3.05) is 5.32 Å². The van der Waals surface area contributed by atoms with Crippen LogP contribution in [0.2, 0.25) is 0 Å². The van der Waals surface area contributed by atoms with Gasteiger partial charge in [0, 0.05) is 18.0 Å². The van der Waals surface area contributed by atoms with Crippen molar-refractivity contribution < 1.29 is 14.7 Å². The van der Waals surface area contributed by atoms with Crippen LogP contribution in [0, 0.1) is 5.92 Å². The minimum Gasteiger partial charge on any atom is -0.481 e. The number of carbonyl (C=O) groups is 2. The minimum atomic E-state index is -0.810. The Morgan fingerprint density at radius 1 is 1.19 bits per heavy atom. The van der Waals surface area contributed by atoms with Crippen molar-refractivity contribution in [3.63, 3.8) is 0 Å². The van der Waals surface area contributed by atoms with Crippen molar-refractivity contribution in [1.29, 1.82) is 0 Å². The lowest BCUT2D eigenvalue weighted by Gasteiger charge is -2.15. The maximum atomic E-state index is 12.3. The fourth-order valence-corrected chi connectivity index (χ4v) is 2.40. The van der Waals surface area contributed by atoms with Gasteiger partial charge < -0.3 is 10.4 Å². The van der Waals surface area contributed by atoms with Crippen LogP contribution in [0.1, 0.15) is 51.5 Å². The molecule has 21 heavy (non-hydrogen) atoms. The molecule has 0 aliphatic heterocycles. The molecule has 0 aliphatic rings. The number of benzene rings is 1. The van der Waals surface area contributed by atoms with Crippen LogP contribution in [0.15, 0.2) is 24.3 Å². The molecule has 0 unspecified atom stereocenters.